The molecular formula is C13H19N3O3. The monoisotopic (exact) mass is 265 g/mol. The van der Waals surface area contributed by atoms with Gasteiger partial charge in [0.15, 0.2) is 0 Å². The summed E-state index contributed by atoms with van der Waals surface area (Å²) in [5.74, 6) is -0.654. The van der Waals surface area contributed by atoms with Gasteiger partial charge in [0, 0.05) is 13.7 Å². The molecule has 1 aromatic carbocycles. The number of nitrogens with two attached hydrogens (primary N) is 1. The van der Waals surface area contributed by atoms with Gasteiger partial charge in [0.25, 0.3) is 0 Å². The third kappa shape index (κ3) is 5.50. The first kappa shape index (κ1) is 15.1. The fourth-order valence-corrected chi connectivity index (χ4v) is 1.44. The number of rotatable bonds is 7. The first-order valence-corrected chi connectivity index (χ1v) is 5.99. The highest BCUT2D eigenvalue weighted by molar-refractivity contribution is 5.87. The fourth-order valence-electron chi connectivity index (χ4n) is 1.44. The Balaban J connectivity index is 2.33. The van der Waals surface area contributed by atoms with Crippen molar-refractivity contribution in [3.05, 3.63) is 35.9 Å². The predicted octanol–water partition coefficient (Wildman–Crippen LogP) is -0.435. The number of carbonyl (C=O) groups excluding carboxylic acids is 2. The number of ether oxygens (including phenoxy) is 1. The number of benzene rings is 1. The maximum atomic E-state index is 11.7. The van der Waals surface area contributed by atoms with E-state index in [1.807, 2.05) is 6.07 Å². The molecule has 0 aliphatic carbocycles. The molecule has 104 valence electrons. The van der Waals surface area contributed by atoms with Crippen molar-refractivity contribution in [2.75, 3.05) is 26.8 Å². The molecule has 6 heteroatoms. The molecule has 4 N–H and O–H groups in total. The summed E-state index contributed by atoms with van der Waals surface area (Å²) in [6.07, 6.45) is 0. The maximum Gasteiger partial charge on any atom is 0.241 e. The normalized spacial score (nSPS) is 11.7. The van der Waals surface area contributed by atoms with Crippen LogP contribution >= 0.6 is 0 Å². The van der Waals surface area contributed by atoms with Crippen LogP contribution in [0.25, 0.3) is 0 Å². The van der Waals surface area contributed by atoms with Gasteiger partial charge in [-0.05, 0) is 5.56 Å². The van der Waals surface area contributed by atoms with E-state index < -0.39 is 6.04 Å². The molecule has 0 spiro atoms. The van der Waals surface area contributed by atoms with Crippen molar-refractivity contribution in [1.82, 2.24) is 10.6 Å². The number of carbonyl (C=O) groups is 2. The minimum Gasteiger partial charge on any atom is -0.383 e. The van der Waals surface area contributed by atoms with Gasteiger partial charge in [-0.25, -0.2) is 0 Å². The van der Waals surface area contributed by atoms with Crippen molar-refractivity contribution < 1.29 is 14.3 Å². The summed E-state index contributed by atoms with van der Waals surface area (Å²) in [7, 11) is 1.55. The van der Waals surface area contributed by atoms with Gasteiger partial charge in [-0.15, -0.1) is 0 Å². The molecule has 0 saturated carbocycles. The van der Waals surface area contributed by atoms with Gasteiger partial charge in [0.1, 0.15) is 6.04 Å². The zero-order valence-corrected chi connectivity index (χ0v) is 10.9. The number of nitrogens with one attached hydrogen (secondary N) is 2. The number of hydrogen-bond donors (Lipinski definition) is 3. The van der Waals surface area contributed by atoms with Crippen LogP contribution in [0.3, 0.4) is 0 Å². The van der Waals surface area contributed by atoms with E-state index in [4.69, 9.17) is 10.5 Å². The van der Waals surface area contributed by atoms with Crippen LogP contribution in [0, 0.1) is 0 Å². The van der Waals surface area contributed by atoms with Crippen LogP contribution in [0.15, 0.2) is 30.3 Å². The molecule has 0 saturated heterocycles. The van der Waals surface area contributed by atoms with Gasteiger partial charge in [0.2, 0.25) is 11.8 Å². The Hall–Kier alpha value is -1.92. The summed E-state index contributed by atoms with van der Waals surface area (Å²) in [6.45, 7) is 0.752. The highest BCUT2D eigenvalue weighted by atomic mass is 16.5. The topological polar surface area (TPSA) is 93.5 Å². The third-order valence-corrected chi connectivity index (χ3v) is 2.49. The summed E-state index contributed by atoms with van der Waals surface area (Å²) >= 11 is 0. The molecule has 1 rings (SSSR count). The molecule has 1 unspecified atom stereocenters. The molecule has 0 aromatic heterocycles. The summed E-state index contributed by atoms with van der Waals surface area (Å²) in [5, 5.41) is 5.09. The van der Waals surface area contributed by atoms with Crippen LogP contribution in [0.1, 0.15) is 11.6 Å². The Labute approximate surface area is 112 Å². The number of methoxy groups -OCH3 is 1. The molecule has 1 aromatic rings. The average molecular weight is 265 g/mol. The lowest BCUT2D eigenvalue weighted by Crippen LogP contribution is -2.41. The van der Waals surface area contributed by atoms with Gasteiger partial charge in [-0.1, -0.05) is 30.3 Å². The molecule has 0 heterocycles. The Morgan fingerprint density at radius 2 is 1.95 bits per heavy atom. The second-order valence-electron chi connectivity index (χ2n) is 3.95. The Morgan fingerprint density at radius 3 is 2.58 bits per heavy atom. The largest absolute Gasteiger partial charge is 0.383 e. The molecular weight excluding hydrogens is 246 g/mol. The highest BCUT2D eigenvalue weighted by Crippen LogP contribution is 2.08. The van der Waals surface area contributed by atoms with E-state index in [0.717, 1.165) is 0 Å². The number of amides is 2. The quantitative estimate of drug-likeness (QED) is 0.583. The van der Waals surface area contributed by atoms with E-state index in [-0.39, 0.29) is 18.4 Å². The Morgan fingerprint density at radius 1 is 1.26 bits per heavy atom. The van der Waals surface area contributed by atoms with E-state index >= 15 is 0 Å². The molecule has 6 nitrogen and oxygen atoms in total. The van der Waals surface area contributed by atoms with Gasteiger partial charge in [-0.2, -0.15) is 0 Å². The third-order valence-electron chi connectivity index (χ3n) is 2.49. The van der Waals surface area contributed by atoms with Crippen LogP contribution in [-0.4, -0.2) is 38.6 Å². The SMILES string of the molecule is COCCNC(=O)CNC(=O)C(N)c1ccccc1. The fraction of sp³-hybridized carbons (Fsp3) is 0.385. The zero-order chi connectivity index (χ0) is 14.1. The summed E-state index contributed by atoms with van der Waals surface area (Å²) < 4.78 is 4.79. The molecule has 2 amide bonds. The van der Waals surface area contributed by atoms with Crippen molar-refractivity contribution in [1.29, 1.82) is 0 Å². The first-order chi connectivity index (χ1) is 9.15. The van der Waals surface area contributed by atoms with Crippen LogP contribution in [0.5, 0.6) is 0 Å². The van der Waals surface area contributed by atoms with Gasteiger partial charge in [0.05, 0.1) is 13.2 Å². The van der Waals surface area contributed by atoms with E-state index in [2.05, 4.69) is 10.6 Å². The summed E-state index contributed by atoms with van der Waals surface area (Å²) in [6, 6.07) is 8.22. The maximum absolute atomic E-state index is 11.7. The van der Waals surface area contributed by atoms with Crippen molar-refractivity contribution in [2.45, 2.75) is 6.04 Å². The first-order valence-electron chi connectivity index (χ1n) is 5.99. The van der Waals surface area contributed by atoms with Gasteiger partial charge < -0.3 is 21.1 Å². The van der Waals surface area contributed by atoms with Gasteiger partial charge in [-0.3, -0.25) is 9.59 Å². The second-order valence-corrected chi connectivity index (χ2v) is 3.95. The average Bonchev–Trinajstić information content (AvgIpc) is 2.45. The van der Waals surface area contributed by atoms with Crippen LogP contribution < -0.4 is 16.4 Å². The molecule has 0 radical (unpaired) electrons. The molecule has 0 aliphatic heterocycles. The lowest BCUT2D eigenvalue weighted by molar-refractivity contribution is -0.127. The molecule has 19 heavy (non-hydrogen) atoms. The molecule has 0 bridgehead atoms. The Kier molecular flexibility index (Phi) is 6.56. The summed E-state index contributed by atoms with van der Waals surface area (Å²) in [4.78, 5) is 23.1. The number of hydrogen-bond acceptors (Lipinski definition) is 4. The smallest absolute Gasteiger partial charge is 0.241 e. The standard InChI is InChI=1S/C13H19N3O3/c1-19-8-7-15-11(17)9-16-13(18)12(14)10-5-3-2-4-6-10/h2-6,12H,7-9,14H2,1H3,(H,15,17)(H,16,18). The minimum absolute atomic E-state index is 0.0942. The highest BCUT2D eigenvalue weighted by Gasteiger charge is 2.15. The summed E-state index contributed by atoms with van der Waals surface area (Å²) in [5.41, 5.74) is 6.49. The van der Waals surface area contributed by atoms with Crippen molar-refractivity contribution in [2.24, 2.45) is 5.73 Å². The predicted molar refractivity (Wildman–Crippen MR) is 71.3 cm³/mol. The van der Waals surface area contributed by atoms with E-state index in [1.54, 1.807) is 31.4 Å². The lowest BCUT2D eigenvalue weighted by atomic mass is 10.1. The lowest BCUT2D eigenvalue weighted by Gasteiger charge is -2.12. The van der Waals surface area contributed by atoms with Crippen molar-refractivity contribution in [3.8, 4) is 0 Å². The molecule has 0 aliphatic rings. The van der Waals surface area contributed by atoms with Crippen molar-refractivity contribution >= 4 is 11.8 Å². The van der Waals surface area contributed by atoms with Crippen LogP contribution in [0.2, 0.25) is 0 Å². The van der Waals surface area contributed by atoms with E-state index in [9.17, 15) is 9.59 Å². The Bertz CT molecular complexity index is 409. The molecule has 0 fully saturated rings. The van der Waals surface area contributed by atoms with E-state index in [0.29, 0.717) is 18.7 Å². The zero-order valence-electron chi connectivity index (χ0n) is 10.9. The minimum atomic E-state index is -0.770. The van der Waals surface area contributed by atoms with Crippen LogP contribution in [0.4, 0.5) is 0 Å². The van der Waals surface area contributed by atoms with Crippen molar-refractivity contribution in [3.63, 3.8) is 0 Å². The second kappa shape index (κ2) is 8.23. The molecule has 1 atom stereocenters. The van der Waals surface area contributed by atoms with Gasteiger partial charge >= 0.3 is 0 Å². The van der Waals surface area contributed by atoms with Crippen LogP contribution in [-0.2, 0) is 14.3 Å². The van der Waals surface area contributed by atoms with E-state index in [1.165, 1.54) is 0 Å².